The van der Waals surface area contributed by atoms with Gasteiger partial charge in [-0.25, -0.2) is 0 Å². The van der Waals surface area contributed by atoms with E-state index in [9.17, 15) is 20.1 Å². The Morgan fingerprint density at radius 1 is 1.07 bits per heavy atom. The summed E-state index contributed by atoms with van der Waals surface area (Å²) in [5, 5.41) is 39.2. The van der Waals surface area contributed by atoms with Gasteiger partial charge in [0.1, 0.15) is 35.9 Å². The van der Waals surface area contributed by atoms with E-state index in [1.54, 1.807) is 0 Å². The summed E-state index contributed by atoms with van der Waals surface area (Å²) < 4.78 is 18.0. The smallest absolute Gasteiger partial charge is 0.240 e. The van der Waals surface area contributed by atoms with E-state index in [4.69, 9.17) is 14.2 Å². The molecule has 40 heavy (non-hydrogen) atoms. The number of nitrogens with zero attached hydrogens (tertiary/aromatic N) is 1. The second-order valence-electron chi connectivity index (χ2n) is 12.7. The molecule has 0 aromatic rings. The molecule has 5 heterocycles. The molecule has 0 aromatic carbocycles. The van der Waals surface area contributed by atoms with Crippen molar-refractivity contribution in [2.45, 2.75) is 99.2 Å². The van der Waals surface area contributed by atoms with E-state index >= 15 is 0 Å². The zero-order valence-corrected chi connectivity index (χ0v) is 24.7. The predicted molar refractivity (Wildman–Crippen MR) is 153 cm³/mol. The van der Waals surface area contributed by atoms with Gasteiger partial charge in [0.15, 0.2) is 0 Å². The molecule has 1 amide bonds. The van der Waals surface area contributed by atoms with Crippen molar-refractivity contribution < 1.29 is 34.3 Å². The Hall–Kier alpha value is -0.760. The van der Waals surface area contributed by atoms with Crippen molar-refractivity contribution in [2.75, 3.05) is 46.0 Å². The summed E-state index contributed by atoms with van der Waals surface area (Å²) >= 11 is 1.50. The topological polar surface area (TPSA) is 133 Å². The minimum atomic E-state index is -1.36. The third-order valence-electron chi connectivity index (χ3n) is 9.13. The van der Waals surface area contributed by atoms with Crippen LogP contribution >= 0.6 is 11.8 Å². The van der Waals surface area contributed by atoms with E-state index in [1.165, 1.54) is 18.2 Å². The fourth-order valence-electron chi connectivity index (χ4n) is 7.06. The maximum Gasteiger partial charge on any atom is 0.240 e. The van der Waals surface area contributed by atoms with Crippen LogP contribution in [0.25, 0.3) is 0 Å². The van der Waals surface area contributed by atoms with Gasteiger partial charge in [-0.3, -0.25) is 9.69 Å². The number of allylic oxidation sites excluding steroid dienone is 1. The summed E-state index contributed by atoms with van der Waals surface area (Å²) in [6, 6.07) is -1.03. The van der Waals surface area contributed by atoms with Crippen LogP contribution in [0.2, 0.25) is 0 Å². The zero-order valence-electron chi connectivity index (χ0n) is 23.9. The molecule has 5 aliphatic heterocycles. The van der Waals surface area contributed by atoms with Gasteiger partial charge < -0.3 is 40.2 Å². The molecule has 0 saturated carbocycles. The fraction of sp³-hybridized carbons (Fsp3) is 0.897. The molecule has 2 bridgehead atoms. The molecule has 0 aliphatic carbocycles. The highest BCUT2D eigenvalue weighted by Crippen LogP contribution is 2.36. The molecule has 5 N–H and O–H groups in total. The quantitative estimate of drug-likeness (QED) is 0.282. The van der Waals surface area contributed by atoms with Crippen LogP contribution in [0.15, 0.2) is 12.2 Å². The van der Waals surface area contributed by atoms with E-state index in [2.05, 4.69) is 35.5 Å². The summed E-state index contributed by atoms with van der Waals surface area (Å²) in [5.41, 5.74) is -0.711. The standard InChI is InChI=1S/C29H49N3O7S/c1-17(2)13-18-7-10-38-26-19(14-18)15-30-22(26)28(36)31-21-6-4-3-5-20(16-32-8-11-37-12-9-32)40-29-25(35)23(33)24(34)27(21)39-29/h3-4,17-27,29-30,33-35H,5-16H2,1-2H3,(H,31,36)/t18-,19-,20-,21+,22-,23-,24+,25+,26+,27+,29+/m0/s1. The van der Waals surface area contributed by atoms with Crippen LogP contribution in [0.5, 0.6) is 0 Å². The number of carbonyl (C=O) groups is 1. The molecular weight excluding hydrogens is 534 g/mol. The SMILES string of the molecule is CC(C)C[C@@H]1CCO[C@@H]2[C@H](CN[C@@H]2C(=O)N[C@@H]2CC=CC[C@@H](CN3CCOCC3)S[C@H]3O[C@H]2[C@H](O)[C@H](O)[C@H]3O)C1. The number of hydrogen-bond donors (Lipinski definition) is 5. The second-order valence-corrected chi connectivity index (χ2v) is 14.1. The Morgan fingerprint density at radius 2 is 1.85 bits per heavy atom. The van der Waals surface area contributed by atoms with Crippen LogP contribution in [0.1, 0.15) is 46.0 Å². The Bertz CT molecular complexity index is 859. The van der Waals surface area contributed by atoms with Crippen LogP contribution in [0, 0.1) is 17.8 Å². The van der Waals surface area contributed by atoms with Crippen LogP contribution in [0.3, 0.4) is 0 Å². The number of morpholine rings is 1. The maximum atomic E-state index is 13.6. The first-order valence-corrected chi connectivity index (χ1v) is 16.2. The number of carbonyl (C=O) groups excluding carboxylic acids is 1. The number of aliphatic hydroxyl groups excluding tert-OH is 3. The van der Waals surface area contributed by atoms with Gasteiger partial charge in [0.05, 0.1) is 25.4 Å². The average Bonchev–Trinajstić information content (AvgIpc) is 3.22. The third kappa shape index (κ3) is 7.41. The van der Waals surface area contributed by atoms with Crippen molar-refractivity contribution >= 4 is 17.7 Å². The molecule has 0 radical (unpaired) electrons. The maximum absolute atomic E-state index is 13.6. The first-order valence-electron chi connectivity index (χ1n) is 15.3. The Kier molecular flexibility index (Phi) is 10.8. The molecule has 228 valence electrons. The molecule has 4 fully saturated rings. The normalized spacial score (nSPS) is 43.2. The largest absolute Gasteiger partial charge is 0.388 e. The summed E-state index contributed by atoms with van der Waals surface area (Å²) in [4.78, 5) is 16.0. The van der Waals surface area contributed by atoms with Crippen LogP contribution < -0.4 is 10.6 Å². The van der Waals surface area contributed by atoms with Crippen molar-refractivity contribution in [1.29, 1.82) is 0 Å². The molecule has 4 saturated heterocycles. The number of aliphatic hydroxyl groups is 3. The highest BCUT2D eigenvalue weighted by atomic mass is 32.2. The monoisotopic (exact) mass is 583 g/mol. The lowest BCUT2D eigenvalue weighted by atomic mass is 9.85. The molecule has 5 rings (SSSR count). The summed E-state index contributed by atoms with van der Waals surface area (Å²) in [5.74, 6) is 1.38. The summed E-state index contributed by atoms with van der Waals surface area (Å²) in [6.45, 7) is 9.90. The van der Waals surface area contributed by atoms with E-state index in [0.717, 1.165) is 45.4 Å². The molecule has 0 spiro atoms. The Labute approximate surface area is 242 Å². The van der Waals surface area contributed by atoms with E-state index < -0.39 is 41.9 Å². The molecule has 11 heteroatoms. The van der Waals surface area contributed by atoms with Crippen LogP contribution in [0.4, 0.5) is 0 Å². The van der Waals surface area contributed by atoms with Gasteiger partial charge in [0, 0.05) is 38.0 Å². The second kappa shape index (κ2) is 14.1. The van der Waals surface area contributed by atoms with Gasteiger partial charge in [0.2, 0.25) is 5.91 Å². The highest BCUT2D eigenvalue weighted by Gasteiger charge is 2.49. The Balaban J connectivity index is 1.26. The minimum Gasteiger partial charge on any atom is -0.388 e. The molecule has 5 aliphatic rings. The number of nitrogens with one attached hydrogen (secondary N) is 2. The lowest BCUT2D eigenvalue weighted by Crippen LogP contribution is -2.64. The number of thioether (sulfide) groups is 1. The third-order valence-corrected chi connectivity index (χ3v) is 10.5. The van der Waals surface area contributed by atoms with Crippen molar-refractivity contribution in [3.05, 3.63) is 12.2 Å². The molecular formula is C29H49N3O7S. The van der Waals surface area contributed by atoms with Gasteiger partial charge in [-0.1, -0.05) is 26.0 Å². The van der Waals surface area contributed by atoms with Crippen molar-refractivity contribution in [3.8, 4) is 0 Å². The van der Waals surface area contributed by atoms with E-state index in [1.807, 2.05) is 6.08 Å². The van der Waals surface area contributed by atoms with Crippen molar-refractivity contribution in [2.24, 2.45) is 17.8 Å². The van der Waals surface area contributed by atoms with Crippen molar-refractivity contribution in [3.63, 3.8) is 0 Å². The Morgan fingerprint density at radius 3 is 2.62 bits per heavy atom. The minimum absolute atomic E-state index is 0.148. The van der Waals surface area contributed by atoms with Gasteiger partial charge >= 0.3 is 0 Å². The summed E-state index contributed by atoms with van der Waals surface area (Å²) in [6.07, 6.45) is 3.72. The number of hydrogen-bond acceptors (Lipinski definition) is 10. The van der Waals surface area contributed by atoms with E-state index in [-0.39, 0.29) is 17.3 Å². The number of rotatable bonds is 6. The summed E-state index contributed by atoms with van der Waals surface area (Å²) in [7, 11) is 0. The zero-order chi connectivity index (χ0) is 28.2. The lowest BCUT2D eigenvalue weighted by Gasteiger charge is -2.45. The highest BCUT2D eigenvalue weighted by molar-refractivity contribution is 8.00. The lowest BCUT2D eigenvalue weighted by molar-refractivity contribution is -0.205. The fourth-order valence-corrected chi connectivity index (χ4v) is 8.48. The van der Waals surface area contributed by atoms with Crippen LogP contribution in [-0.2, 0) is 19.0 Å². The molecule has 11 atom stereocenters. The van der Waals surface area contributed by atoms with E-state index in [0.29, 0.717) is 44.0 Å². The number of amides is 1. The molecule has 10 nitrogen and oxygen atoms in total. The first-order chi connectivity index (χ1) is 19.3. The number of fused-ring (bicyclic) bond motifs is 3. The first kappa shape index (κ1) is 30.7. The van der Waals surface area contributed by atoms with Gasteiger partial charge in [-0.15, -0.1) is 11.8 Å². The average molecular weight is 584 g/mol. The van der Waals surface area contributed by atoms with Gasteiger partial charge in [-0.05, 0) is 49.9 Å². The number of ether oxygens (including phenoxy) is 3. The van der Waals surface area contributed by atoms with Crippen LogP contribution in [-0.4, -0.2) is 125 Å². The van der Waals surface area contributed by atoms with Crippen molar-refractivity contribution in [1.82, 2.24) is 15.5 Å². The van der Waals surface area contributed by atoms with Gasteiger partial charge in [-0.2, -0.15) is 0 Å². The molecule has 0 aromatic heterocycles. The molecule has 0 unspecified atom stereocenters. The predicted octanol–water partition coefficient (Wildman–Crippen LogP) is 0.492. The van der Waals surface area contributed by atoms with Gasteiger partial charge in [0.25, 0.3) is 0 Å².